The SMILES string of the molecule is COc1ccc2c(c1)c(CC(=O)NCCNC(=O)CN1CCNCCN(Cc3ccc4cc(F)ccc4n3)CCNCC1)c(C)n2C(=O)c1ccc(Cl)cc1. The molecule has 5 aromatic rings. The lowest BCUT2D eigenvalue weighted by molar-refractivity contribution is -0.123. The largest absolute Gasteiger partial charge is 0.497 e. The van der Waals surface area contributed by atoms with Crippen molar-refractivity contribution in [3.63, 3.8) is 0 Å². The molecule has 0 radical (unpaired) electrons. The van der Waals surface area contributed by atoms with E-state index in [0.29, 0.717) is 47.2 Å². The number of pyridine rings is 1. The molecule has 1 aliphatic heterocycles. The van der Waals surface area contributed by atoms with Crippen molar-refractivity contribution in [3.8, 4) is 5.75 Å². The van der Waals surface area contributed by atoms with Crippen molar-refractivity contribution >= 4 is 51.1 Å². The van der Waals surface area contributed by atoms with Gasteiger partial charge < -0.3 is 26.0 Å². The summed E-state index contributed by atoms with van der Waals surface area (Å²) in [4.78, 5) is 48.9. The first kappa shape index (κ1) is 39.8. The number of hydrogen-bond donors (Lipinski definition) is 4. The lowest BCUT2D eigenvalue weighted by atomic mass is 10.1. The van der Waals surface area contributed by atoms with Crippen molar-refractivity contribution in [2.24, 2.45) is 0 Å². The summed E-state index contributed by atoms with van der Waals surface area (Å²) in [7, 11) is 1.57. The number of carbonyl (C=O) groups is 3. The first-order valence-electron chi connectivity index (χ1n) is 18.6. The summed E-state index contributed by atoms with van der Waals surface area (Å²) in [5, 5.41) is 14.9. The molecule has 2 amide bonds. The lowest BCUT2D eigenvalue weighted by Gasteiger charge is -2.26. The van der Waals surface area contributed by atoms with Gasteiger partial charge in [-0.2, -0.15) is 0 Å². The molecule has 290 valence electrons. The summed E-state index contributed by atoms with van der Waals surface area (Å²) in [6, 6.07) is 20.7. The van der Waals surface area contributed by atoms with Gasteiger partial charge in [0.2, 0.25) is 11.8 Å². The highest BCUT2D eigenvalue weighted by molar-refractivity contribution is 6.30. The Morgan fingerprint density at radius 2 is 1.51 bits per heavy atom. The van der Waals surface area contributed by atoms with Crippen LogP contribution in [0, 0.1) is 12.7 Å². The van der Waals surface area contributed by atoms with E-state index >= 15 is 0 Å². The fraction of sp³-hybridized carbons (Fsp3) is 0.366. The van der Waals surface area contributed by atoms with Crippen LogP contribution < -0.4 is 26.0 Å². The van der Waals surface area contributed by atoms with Gasteiger partial charge in [-0.25, -0.2) is 4.39 Å². The fourth-order valence-corrected chi connectivity index (χ4v) is 7.00. The molecule has 0 saturated carbocycles. The van der Waals surface area contributed by atoms with Crippen molar-refractivity contribution in [1.82, 2.24) is 40.6 Å². The third-order valence-corrected chi connectivity index (χ3v) is 10.1. The van der Waals surface area contributed by atoms with Gasteiger partial charge in [0.1, 0.15) is 11.6 Å². The molecule has 4 N–H and O–H groups in total. The van der Waals surface area contributed by atoms with Crippen LogP contribution >= 0.6 is 11.6 Å². The molecule has 1 saturated heterocycles. The van der Waals surface area contributed by atoms with E-state index in [4.69, 9.17) is 21.3 Å². The number of carbonyl (C=O) groups excluding carboxylic acids is 3. The summed E-state index contributed by atoms with van der Waals surface area (Å²) in [5.41, 5.74) is 4.29. The van der Waals surface area contributed by atoms with E-state index in [9.17, 15) is 18.8 Å². The van der Waals surface area contributed by atoms with E-state index < -0.39 is 0 Å². The number of rotatable bonds is 11. The van der Waals surface area contributed by atoms with Gasteiger partial charge in [0, 0.05) is 99.0 Å². The summed E-state index contributed by atoms with van der Waals surface area (Å²) < 4.78 is 20.6. The van der Waals surface area contributed by atoms with Crippen LogP contribution in [0.2, 0.25) is 5.02 Å². The monoisotopic (exact) mass is 770 g/mol. The molecule has 14 heteroatoms. The van der Waals surface area contributed by atoms with Crippen LogP contribution in [-0.2, 0) is 22.6 Å². The molecule has 0 bridgehead atoms. The Morgan fingerprint density at radius 3 is 2.20 bits per heavy atom. The molecule has 6 rings (SSSR count). The summed E-state index contributed by atoms with van der Waals surface area (Å²) in [6.45, 7) is 9.53. The van der Waals surface area contributed by atoms with E-state index in [-0.39, 0.29) is 49.6 Å². The first-order valence-corrected chi connectivity index (χ1v) is 19.0. The predicted octanol–water partition coefficient (Wildman–Crippen LogP) is 3.76. The Labute approximate surface area is 325 Å². The molecular formula is C41H48ClFN8O4. The Hall–Kier alpha value is -4.92. The second-order valence-corrected chi connectivity index (χ2v) is 14.1. The van der Waals surface area contributed by atoms with Gasteiger partial charge in [-0.1, -0.05) is 17.7 Å². The Balaban J connectivity index is 0.947. The number of hydrogen-bond acceptors (Lipinski definition) is 9. The smallest absolute Gasteiger partial charge is 0.262 e. The minimum absolute atomic E-state index is 0.0541. The number of methoxy groups -OCH3 is 1. The zero-order chi connectivity index (χ0) is 38.7. The minimum Gasteiger partial charge on any atom is -0.497 e. The topological polar surface area (TPSA) is 133 Å². The summed E-state index contributed by atoms with van der Waals surface area (Å²) in [6.07, 6.45) is 0.0541. The van der Waals surface area contributed by atoms with E-state index in [2.05, 4.69) is 31.1 Å². The molecular weight excluding hydrogens is 723 g/mol. The number of nitrogens with one attached hydrogen (secondary N) is 4. The zero-order valence-electron chi connectivity index (χ0n) is 31.3. The first-order chi connectivity index (χ1) is 26.7. The third kappa shape index (κ3) is 10.6. The second-order valence-electron chi connectivity index (χ2n) is 13.7. The van der Waals surface area contributed by atoms with Gasteiger partial charge in [0.25, 0.3) is 5.91 Å². The van der Waals surface area contributed by atoms with E-state index in [0.717, 1.165) is 66.8 Å². The number of ether oxygens (including phenoxy) is 1. The highest BCUT2D eigenvalue weighted by Crippen LogP contribution is 2.31. The van der Waals surface area contributed by atoms with Crippen LogP contribution in [0.5, 0.6) is 5.75 Å². The fourth-order valence-electron chi connectivity index (χ4n) is 6.88. The van der Waals surface area contributed by atoms with Gasteiger partial charge >= 0.3 is 0 Å². The molecule has 3 aromatic carbocycles. The molecule has 0 atom stereocenters. The van der Waals surface area contributed by atoms with Crippen LogP contribution in [0.25, 0.3) is 21.8 Å². The highest BCUT2D eigenvalue weighted by Gasteiger charge is 2.22. The molecule has 2 aromatic heterocycles. The quantitative estimate of drug-likeness (QED) is 0.148. The van der Waals surface area contributed by atoms with Gasteiger partial charge in [-0.15, -0.1) is 0 Å². The van der Waals surface area contributed by atoms with Crippen LogP contribution in [-0.4, -0.2) is 116 Å². The zero-order valence-corrected chi connectivity index (χ0v) is 32.1. The Morgan fingerprint density at radius 1 is 0.836 bits per heavy atom. The lowest BCUT2D eigenvalue weighted by Crippen LogP contribution is -2.46. The number of halogens is 2. The van der Waals surface area contributed by atoms with Gasteiger partial charge in [-0.05, 0) is 79.2 Å². The molecule has 1 aliphatic rings. The molecule has 0 spiro atoms. The molecule has 1 fully saturated rings. The molecule has 55 heavy (non-hydrogen) atoms. The van der Waals surface area contributed by atoms with E-state index in [1.807, 2.05) is 31.2 Å². The number of nitrogens with zero attached hydrogens (tertiary/aromatic N) is 4. The van der Waals surface area contributed by atoms with Gasteiger partial charge in [0.05, 0.1) is 36.8 Å². The molecule has 0 unspecified atom stereocenters. The minimum atomic E-state index is -0.263. The maximum atomic E-state index is 13.6. The van der Waals surface area contributed by atoms with Crippen molar-refractivity contribution in [3.05, 3.63) is 106 Å². The van der Waals surface area contributed by atoms with Crippen molar-refractivity contribution in [2.75, 3.05) is 79.1 Å². The number of benzene rings is 3. The maximum absolute atomic E-state index is 13.6. The number of amides is 2. The highest BCUT2D eigenvalue weighted by atomic mass is 35.5. The standard InChI is InChI=1S/C41H48ClFN8O4/c1-28-35(36-24-34(55-2)10-12-38(36)51(28)41(54)29-3-6-31(42)7-4-29)25-39(52)46-13-14-47-40(53)27-50-21-17-44-15-19-49(20-16-45-18-22-50)26-33-9-5-30-23-32(43)8-11-37(30)48-33/h3-12,23-24,44-45H,13-22,25-27H2,1-2H3,(H,46,52)(H,47,53). The number of aromatic nitrogens is 2. The number of fused-ring (bicyclic) bond motifs is 2. The summed E-state index contributed by atoms with van der Waals surface area (Å²) in [5.74, 6) is -0.190. The second kappa shape index (κ2) is 19.1. The van der Waals surface area contributed by atoms with E-state index in [1.54, 1.807) is 48.1 Å². The van der Waals surface area contributed by atoms with Crippen molar-refractivity contribution in [1.29, 1.82) is 0 Å². The average molecular weight is 771 g/mol. The van der Waals surface area contributed by atoms with Gasteiger partial charge in [0.15, 0.2) is 0 Å². The summed E-state index contributed by atoms with van der Waals surface area (Å²) >= 11 is 6.05. The van der Waals surface area contributed by atoms with Crippen molar-refractivity contribution in [2.45, 2.75) is 19.9 Å². The van der Waals surface area contributed by atoms with Crippen LogP contribution in [0.3, 0.4) is 0 Å². The van der Waals surface area contributed by atoms with E-state index in [1.165, 1.54) is 12.1 Å². The third-order valence-electron chi connectivity index (χ3n) is 9.82. The molecule has 3 heterocycles. The van der Waals surface area contributed by atoms with Crippen molar-refractivity contribution < 1.29 is 23.5 Å². The Bertz CT molecular complexity index is 2110. The normalized spacial score (nSPS) is 15.0. The molecule has 12 nitrogen and oxygen atoms in total. The van der Waals surface area contributed by atoms with Crippen LogP contribution in [0.4, 0.5) is 4.39 Å². The Kier molecular flexibility index (Phi) is 13.8. The molecule has 0 aliphatic carbocycles. The van der Waals surface area contributed by atoms with Crippen LogP contribution in [0.15, 0.2) is 72.8 Å². The predicted molar refractivity (Wildman–Crippen MR) is 213 cm³/mol. The van der Waals surface area contributed by atoms with Crippen LogP contribution in [0.1, 0.15) is 27.3 Å². The average Bonchev–Trinajstić information content (AvgIpc) is 3.44. The van der Waals surface area contributed by atoms with Gasteiger partial charge in [-0.3, -0.25) is 33.7 Å². The maximum Gasteiger partial charge on any atom is 0.262 e.